The molecular formula is C10H17N3O. The van der Waals surface area contributed by atoms with Crippen molar-refractivity contribution in [2.75, 3.05) is 13.7 Å². The molecule has 1 aromatic rings. The van der Waals surface area contributed by atoms with Crippen LogP contribution in [0.1, 0.15) is 30.1 Å². The maximum Gasteiger partial charge on any atom is 0.0823 e. The molecule has 2 rings (SSSR count). The molecule has 78 valence electrons. The number of nitrogens with zero attached hydrogens (tertiary/aromatic N) is 2. The molecule has 0 aliphatic heterocycles. The molecule has 4 nitrogen and oxygen atoms in total. The zero-order valence-electron chi connectivity index (χ0n) is 8.57. The van der Waals surface area contributed by atoms with Gasteiger partial charge < -0.3 is 10.5 Å². The molecule has 0 spiro atoms. The minimum absolute atomic E-state index is 0.141. The second-order valence-electron chi connectivity index (χ2n) is 3.79. The van der Waals surface area contributed by atoms with Gasteiger partial charge in [0.05, 0.1) is 18.8 Å². The lowest BCUT2D eigenvalue weighted by Crippen LogP contribution is -2.17. The second-order valence-corrected chi connectivity index (χ2v) is 3.79. The summed E-state index contributed by atoms with van der Waals surface area (Å²) in [7, 11) is 1.70. The average molecular weight is 195 g/mol. The highest BCUT2D eigenvalue weighted by molar-refractivity contribution is 5.23. The number of rotatable bonds is 3. The van der Waals surface area contributed by atoms with Crippen molar-refractivity contribution >= 4 is 0 Å². The Morgan fingerprint density at radius 2 is 2.57 bits per heavy atom. The van der Waals surface area contributed by atoms with Crippen molar-refractivity contribution in [1.29, 1.82) is 0 Å². The summed E-state index contributed by atoms with van der Waals surface area (Å²) in [5.41, 5.74) is 8.39. The molecule has 0 radical (unpaired) electrons. The third-order valence-electron chi connectivity index (χ3n) is 2.71. The molecule has 0 bridgehead atoms. The topological polar surface area (TPSA) is 53.1 Å². The fourth-order valence-corrected chi connectivity index (χ4v) is 1.93. The lowest BCUT2D eigenvalue weighted by molar-refractivity contribution is 0.183. The molecule has 14 heavy (non-hydrogen) atoms. The summed E-state index contributed by atoms with van der Waals surface area (Å²) < 4.78 is 6.96. The molecule has 1 atom stereocenters. The van der Waals surface area contributed by atoms with Crippen LogP contribution >= 0.6 is 0 Å². The first-order chi connectivity index (χ1) is 6.81. The number of hydrogen-bond acceptors (Lipinski definition) is 3. The van der Waals surface area contributed by atoms with Crippen LogP contribution < -0.4 is 5.73 Å². The highest BCUT2D eigenvalue weighted by Gasteiger charge is 2.20. The lowest BCUT2D eigenvalue weighted by Gasteiger charge is -2.15. The predicted octanol–water partition coefficient (Wildman–Crippen LogP) is 0.866. The minimum Gasteiger partial charge on any atom is -0.383 e. The van der Waals surface area contributed by atoms with Gasteiger partial charge in [0, 0.05) is 19.3 Å². The molecule has 1 heterocycles. The van der Waals surface area contributed by atoms with E-state index in [-0.39, 0.29) is 6.04 Å². The number of methoxy groups -OCH3 is 1. The van der Waals surface area contributed by atoms with Gasteiger partial charge in [0.2, 0.25) is 0 Å². The summed E-state index contributed by atoms with van der Waals surface area (Å²) in [6, 6.07) is 0.141. The van der Waals surface area contributed by atoms with E-state index in [1.807, 2.05) is 4.68 Å². The van der Waals surface area contributed by atoms with Gasteiger partial charge in [-0.15, -0.1) is 0 Å². The van der Waals surface area contributed by atoms with E-state index < -0.39 is 0 Å². The highest BCUT2D eigenvalue weighted by Crippen LogP contribution is 2.26. The van der Waals surface area contributed by atoms with Crippen LogP contribution in [0.2, 0.25) is 0 Å². The van der Waals surface area contributed by atoms with Crippen LogP contribution in [-0.4, -0.2) is 23.5 Å². The highest BCUT2D eigenvalue weighted by atomic mass is 16.5. The second kappa shape index (κ2) is 4.11. The van der Waals surface area contributed by atoms with Crippen LogP contribution in [0.25, 0.3) is 0 Å². The Balaban J connectivity index is 2.13. The normalized spacial score (nSPS) is 20.9. The van der Waals surface area contributed by atoms with Crippen molar-refractivity contribution < 1.29 is 4.74 Å². The molecule has 1 aliphatic carbocycles. The molecule has 0 amide bonds. The van der Waals surface area contributed by atoms with Crippen LogP contribution in [0.3, 0.4) is 0 Å². The zero-order chi connectivity index (χ0) is 9.97. The average Bonchev–Trinajstić information content (AvgIpc) is 2.59. The fourth-order valence-electron chi connectivity index (χ4n) is 1.93. The van der Waals surface area contributed by atoms with Gasteiger partial charge in [0.1, 0.15) is 0 Å². The smallest absolute Gasteiger partial charge is 0.0823 e. The Hall–Kier alpha value is -0.870. The third kappa shape index (κ3) is 1.81. The summed E-state index contributed by atoms with van der Waals surface area (Å²) in [5.74, 6) is 0. The molecule has 1 aromatic heterocycles. The fraction of sp³-hybridized carbons (Fsp3) is 0.700. The van der Waals surface area contributed by atoms with E-state index in [2.05, 4.69) is 11.3 Å². The summed E-state index contributed by atoms with van der Waals surface area (Å²) in [6.07, 6.45) is 5.47. The standard InChI is InChI=1S/C10H17N3O/c1-14-6-5-13-7-8-3-2-4-9(11)10(8)12-13/h7,9H,2-6,11H2,1H3/t9-/m0/s1. The van der Waals surface area contributed by atoms with Crippen molar-refractivity contribution in [2.24, 2.45) is 5.73 Å². The van der Waals surface area contributed by atoms with Gasteiger partial charge in [-0.1, -0.05) is 0 Å². The molecule has 0 fully saturated rings. The Labute approximate surface area is 84.0 Å². The number of aromatic nitrogens is 2. The van der Waals surface area contributed by atoms with E-state index >= 15 is 0 Å². The van der Waals surface area contributed by atoms with Gasteiger partial charge in [-0.25, -0.2) is 0 Å². The van der Waals surface area contributed by atoms with E-state index in [9.17, 15) is 0 Å². The maximum absolute atomic E-state index is 5.98. The molecule has 0 unspecified atom stereocenters. The zero-order valence-corrected chi connectivity index (χ0v) is 8.57. The predicted molar refractivity (Wildman–Crippen MR) is 54.0 cm³/mol. The van der Waals surface area contributed by atoms with Crippen molar-refractivity contribution in [2.45, 2.75) is 31.8 Å². The van der Waals surface area contributed by atoms with Gasteiger partial charge >= 0.3 is 0 Å². The quantitative estimate of drug-likeness (QED) is 0.778. The van der Waals surface area contributed by atoms with Crippen LogP contribution in [0, 0.1) is 0 Å². The Morgan fingerprint density at radius 3 is 3.29 bits per heavy atom. The van der Waals surface area contributed by atoms with Gasteiger partial charge in [0.15, 0.2) is 0 Å². The minimum atomic E-state index is 0.141. The first-order valence-electron chi connectivity index (χ1n) is 5.12. The summed E-state index contributed by atoms with van der Waals surface area (Å²) in [5, 5.41) is 4.48. The van der Waals surface area contributed by atoms with Crippen LogP contribution in [0.4, 0.5) is 0 Å². The Kier molecular flexibility index (Phi) is 2.84. The Bertz CT molecular complexity index is 308. The maximum atomic E-state index is 5.98. The summed E-state index contributed by atoms with van der Waals surface area (Å²) in [6.45, 7) is 1.52. The molecule has 0 saturated heterocycles. The van der Waals surface area contributed by atoms with Crippen LogP contribution in [0.15, 0.2) is 6.20 Å². The molecule has 2 N–H and O–H groups in total. The van der Waals surface area contributed by atoms with Crippen molar-refractivity contribution in [3.05, 3.63) is 17.5 Å². The number of ether oxygens (including phenoxy) is 1. The first kappa shape index (κ1) is 9.68. The first-order valence-corrected chi connectivity index (χ1v) is 5.12. The lowest BCUT2D eigenvalue weighted by atomic mass is 9.95. The molecular weight excluding hydrogens is 178 g/mol. The van der Waals surface area contributed by atoms with E-state index in [0.717, 1.165) is 25.1 Å². The number of hydrogen-bond donors (Lipinski definition) is 1. The van der Waals surface area contributed by atoms with E-state index in [1.54, 1.807) is 7.11 Å². The van der Waals surface area contributed by atoms with E-state index in [4.69, 9.17) is 10.5 Å². The van der Waals surface area contributed by atoms with Gasteiger partial charge in [0.25, 0.3) is 0 Å². The van der Waals surface area contributed by atoms with Crippen molar-refractivity contribution in [3.63, 3.8) is 0 Å². The number of fused-ring (bicyclic) bond motifs is 1. The SMILES string of the molecule is COCCn1cc2c(n1)[C@@H](N)CCC2. The molecule has 4 heteroatoms. The number of aryl methyl sites for hydroxylation is 1. The van der Waals surface area contributed by atoms with Crippen molar-refractivity contribution in [3.8, 4) is 0 Å². The third-order valence-corrected chi connectivity index (χ3v) is 2.71. The van der Waals surface area contributed by atoms with E-state index in [1.165, 1.54) is 12.0 Å². The van der Waals surface area contributed by atoms with Gasteiger partial charge in [-0.3, -0.25) is 4.68 Å². The van der Waals surface area contributed by atoms with E-state index in [0.29, 0.717) is 6.61 Å². The van der Waals surface area contributed by atoms with Gasteiger partial charge in [-0.2, -0.15) is 5.10 Å². The number of nitrogens with two attached hydrogens (primary N) is 1. The van der Waals surface area contributed by atoms with Gasteiger partial charge in [-0.05, 0) is 24.8 Å². The van der Waals surface area contributed by atoms with Crippen LogP contribution in [-0.2, 0) is 17.7 Å². The van der Waals surface area contributed by atoms with Crippen LogP contribution in [0.5, 0.6) is 0 Å². The molecule has 0 aromatic carbocycles. The monoisotopic (exact) mass is 195 g/mol. The molecule has 1 aliphatic rings. The summed E-state index contributed by atoms with van der Waals surface area (Å²) in [4.78, 5) is 0. The largest absolute Gasteiger partial charge is 0.383 e. The summed E-state index contributed by atoms with van der Waals surface area (Å²) >= 11 is 0. The molecule has 0 saturated carbocycles. The van der Waals surface area contributed by atoms with Crippen molar-refractivity contribution in [1.82, 2.24) is 9.78 Å². The Morgan fingerprint density at radius 1 is 1.71 bits per heavy atom.